The van der Waals surface area contributed by atoms with E-state index in [-0.39, 0.29) is 1.43 Å². The van der Waals surface area contributed by atoms with Gasteiger partial charge < -0.3 is 0 Å². The molecule has 0 fully saturated rings. The van der Waals surface area contributed by atoms with Crippen molar-refractivity contribution >= 4 is 6.08 Å². The van der Waals surface area contributed by atoms with Gasteiger partial charge in [0.2, 0.25) is 0 Å². The monoisotopic (exact) mass is 178 g/mol. The standard InChI is InChI=1S/C11H14.C2H6.H2/c1-4-5-11-7-9(2)6-10(3)8-11;1-2;/h4-8H,1-3H3;1-2H3;1H/b5-4+;;. The Bertz CT molecular complexity index is 254. The Morgan fingerprint density at radius 3 is 1.85 bits per heavy atom. The molecule has 0 aliphatic rings. The molecule has 1 aromatic rings. The van der Waals surface area contributed by atoms with Gasteiger partial charge in [-0.3, -0.25) is 0 Å². The fraction of sp³-hybridized carbons (Fsp3) is 0.385. The van der Waals surface area contributed by atoms with Gasteiger partial charge in [-0.1, -0.05) is 55.3 Å². The van der Waals surface area contributed by atoms with Crippen LogP contribution < -0.4 is 0 Å². The van der Waals surface area contributed by atoms with Crippen molar-refractivity contribution in [2.45, 2.75) is 34.6 Å². The zero-order chi connectivity index (χ0) is 10.3. The second kappa shape index (κ2) is 6.47. The number of allylic oxidation sites excluding steroid dienone is 1. The average molecular weight is 178 g/mol. The van der Waals surface area contributed by atoms with Gasteiger partial charge in [0.1, 0.15) is 0 Å². The van der Waals surface area contributed by atoms with E-state index in [0.717, 1.165) is 0 Å². The minimum atomic E-state index is 0. The largest absolute Gasteiger partial charge is 0.0871 e. The van der Waals surface area contributed by atoms with Crippen LogP contribution in [0.5, 0.6) is 0 Å². The maximum absolute atomic E-state index is 2.19. The molecule has 0 unspecified atom stereocenters. The summed E-state index contributed by atoms with van der Waals surface area (Å²) in [5, 5.41) is 0. The van der Waals surface area contributed by atoms with Gasteiger partial charge in [0.25, 0.3) is 0 Å². The van der Waals surface area contributed by atoms with Gasteiger partial charge in [0.15, 0.2) is 0 Å². The van der Waals surface area contributed by atoms with Crippen molar-refractivity contribution in [3.05, 3.63) is 41.0 Å². The lowest BCUT2D eigenvalue weighted by atomic mass is 10.1. The van der Waals surface area contributed by atoms with Crippen LogP contribution in [0.15, 0.2) is 24.3 Å². The summed E-state index contributed by atoms with van der Waals surface area (Å²) in [5.74, 6) is 0. The maximum Gasteiger partial charge on any atom is 0 e. The Hall–Kier alpha value is -1.04. The summed E-state index contributed by atoms with van der Waals surface area (Å²) in [4.78, 5) is 0. The predicted molar refractivity (Wildman–Crippen MR) is 64.1 cm³/mol. The maximum atomic E-state index is 2.19. The van der Waals surface area contributed by atoms with Gasteiger partial charge in [-0.2, -0.15) is 0 Å². The van der Waals surface area contributed by atoms with E-state index < -0.39 is 0 Å². The number of aryl methyl sites for hydroxylation is 2. The molecule has 1 rings (SSSR count). The van der Waals surface area contributed by atoms with Crippen LogP contribution in [0.25, 0.3) is 6.08 Å². The SMILES string of the molecule is C/C=C/c1cc(C)cc(C)c1.CC.[HH]. The normalized spacial score (nSPS) is 9.62. The molecule has 0 saturated heterocycles. The summed E-state index contributed by atoms with van der Waals surface area (Å²) in [5.41, 5.74) is 3.96. The number of rotatable bonds is 1. The lowest BCUT2D eigenvalue weighted by Gasteiger charge is -1.98. The summed E-state index contributed by atoms with van der Waals surface area (Å²) in [6.45, 7) is 10.3. The minimum Gasteiger partial charge on any atom is -0.0871 e. The lowest BCUT2D eigenvalue weighted by molar-refractivity contribution is 1.37. The topological polar surface area (TPSA) is 0 Å². The van der Waals surface area contributed by atoms with Crippen LogP contribution in [0, 0.1) is 13.8 Å². The van der Waals surface area contributed by atoms with E-state index in [1.54, 1.807) is 0 Å². The molecule has 0 heteroatoms. The Morgan fingerprint density at radius 2 is 1.46 bits per heavy atom. The molecule has 0 bridgehead atoms. The quantitative estimate of drug-likeness (QED) is 0.589. The van der Waals surface area contributed by atoms with E-state index in [9.17, 15) is 0 Å². The third-order valence-electron chi connectivity index (χ3n) is 1.60. The summed E-state index contributed by atoms with van der Waals surface area (Å²) < 4.78 is 0. The zero-order valence-corrected chi connectivity index (χ0v) is 9.39. The van der Waals surface area contributed by atoms with Crippen molar-refractivity contribution in [1.29, 1.82) is 0 Å². The van der Waals surface area contributed by atoms with Crippen molar-refractivity contribution in [3.63, 3.8) is 0 Å². The third-order valence-corrected chi connectivity index (χ3v) is 1.60. The van der Waals surface area contributed by atoms with Gasteiger partial charge in [0, 0.05) is 1.43 Å². The average Bonchev–Trinajstić information content (AvgIpc) is 2.06. The molecule has 0 aliphatic carbocycles. The molecule has 0 aliphatic heterocycles. The van der Waals surface area contributed by atoms with Crippen LogP contribution in [0.3, 0.4) is 0 Å². The van der Waals surface area contributed by atoms with Crippen LogP contribution >= 0.6 is 0 Å². The van der Waals surface area contributed by atoms with E-state index in [1.807, 2.05) is 20.8 Å². The molecular weight excluding hydrogens is 156 g/mol. The summed E-state index contributed by atoms with van der Waals surface area (Å²) >= 11 is 0. The summed E-state index contributed by atoms with van der Waals surface area (Å²) in [6.07, 6.45) is 4.19. The van der Waals surface area contributed by atoms with Gasteiger partial charge in [-0.25, -0.2) is 0 Å². The third kappa shape index (κ3) is 4.51. The molecule has 0 nitrogen and oxygen atoms in total. The molecule has 0 spiro atoms. The van der Waals surface area contributed by atoms with Gasteiger partial charge in [0.05, 0.1) is 0 Å². The molecule has 13 heavy (non-hydrogen) atoms. The van der Waals surface area contributed by atoms with Crippen molar-refractivity contribution in [2.24, 2.45) is 0 Å². The molecule has 0 aromatic heterocycles. The Morgan fingerprint density at radius 1 is 1.00 bits per heavy atom. The summed E-state index contributed by atoms with van der Waals surface area (Å²) in [6, 6.07) is 6.56. The molecule has 0 atom stereocenters. The molecule has 74 valence electrons. The Balaban J connectivity index is 0. The number of hydrogen-bond acceptors (Lipinski definition) is 0. The molecule has 0 N–H and O–H groups in total. The number of benzene rings is 1. The van der Waals surface area contributed by atoms with E-state index >= 15 is 0 Å². The van der Waals surface area contributed by atoms with Gasteiger partial charge >= 0.3 is 0 Å². The molecule has 0 saturated carbocycles. The second-order valence-corrected chi connectivity index (χ2v) is 2.92. The lowest BCUT2D eigenvalue weighted by Crippen LogP contribution is -1.79. The number of hydrogen-bond donors (Lipinski definition) is 0. The van der Waals surface area contributed by atoms with E-state index in [4.69, 9.17) is 0 Å². The van der Waals surface area contributed by atoms with Crippen molar-refractivity contribution in [1.82, 2.24) is 0 Å². The first-order chi connectivity index (χ1) is 6.22. The zero-order valence-electron chi connectivity index (χ0n) is 9.39. The molecular formula is C13H22. The smallest absolute Gasteiger partial charge is 0 e. The Labute approximate surface area is 83.8 Å². The minimum absolute atomic E-state index is 0. The van der Waals surface area contributed by atoms with Crippen LogP contribution in [-0.4, -0.2) is 0 Å². The van der Waals surface area contributed by atoms with Crippen LogP contribution in [0.2, 0.25) is 0 Å². The highest BCUT2D eigenvalue weighted by Crippen LogP contribution is 2.09. The molecule has 0 heterocycles. The van der Waals surface area contributed by atoms with Crippen LogP contribution in [0.1, 0.15) is 38.9 Å². The van der Waals surface area contributed by atoms with Crippen LogP contribution in [-0.2, 0) is 0 Å². The van der Waals surface area contributed by atoms with Crippen molar-refractivity contribution in [3.8, 4) is 0 Å². The fourth-order valence-electron chi connectivity index (χ4n) is 1.30. The predicted octanol–water partition coefficient (Wildman–Crippen LogP) is 4.61. The van der Waals surface area contributed by atoms with Crippen LogP contribution in [0.4, 0.5) is 0 Å². The summed E-state index contributed by atoms with van der Waals surface area (Å²) in [7, 11) is 0. The molecule has 1 aromatic carbocycles. The molecule has 0 radical (unpaired) electrons. The molecule has 0 amide bonds. The first kappa shape index (κ1) is 12.0. The fourth-order valence-corrected chi connectivity index (χ4v) is 1.30. The van der Waals surface area contributed by atoms with E-state index in [1.165, 1.54) is 16.7 Å². The van der Waals surface area contributed by atoms with E-state index in [2.05, 4.69) is 44.2 Å². The second-order valence-electron chi connectivity index (χ2n) is 2.92. The van der Waals surface area contributed by atoms with Gasteiger partial charge in [-0.05, 0) is 26.3 Å². The first-order valence-corrected chi connectivity index (χ1v) is 4.93. The Kier molecular flexibility index (Phi) is 5.96. The highest BCUT2D eigenvalue weighted by atomic mass is 14.0. The van der Waals surface area contributed by atoms with E-state index in [0.29, 0.717) is 0 Å². The highest BCUT2D eigenvalue weighted by Gasteiger charge is 1.89. The van der Waals surface area contributed by atoms with Crippen molar-refractivity contribution < 1.29 is 1.43 Å². The highest BCUT2D eigenvalue weighted by molar-refractivity contribution is 5.51. The van der Waals surface area contributed by atoms with Crippen molar-refractivity contribution in [2.75, 3.05) is 0 Å². The first-order valence-electron chi connectivity index (χ1n) is 4.93. The van der Waals surface area contributed by atoms with Gasteiger partial charge in [-0.15, -0.1) is 0 Å².